The van der Waals surface area contributed by atoms with Crippen LogP contribution in [0, 0.1) is 13.8 Å². The summed E-state index contributed by atoms with van der Waals surface area (Å²) in [5, 5.41) is 11.6. The minimum atomic E-state index is -0.695. The van der Waals surface area contributed by atoms with Crippen LogP contribution in [0.15, 0.2) is 52.6 Å². The maximum absolute atomic E-state index is 13.4. The molecule has 0 unspecified atom stereocenters. The molecule has 5 rings (SSSR count). The summed E-state index contributed by atoms with van der Waals surface area (Å²) in [6.45, 7) is 7.61. The zero-order chi connectivity index (χ0) is 24.7. The van der Waals surface area contributed by atoms with Crippen molar-refractivity contribution in [1.29, 1.82) is 0 Å². The zero-order valence-electron chi connectivity index (χ0n) is 19.7. The van der Waals surface area contributed by atoms with Crippen molar-refractivity contribution in [3.8, 4) is 0 Å². The number of carbonyl (C=O) groups is 2. The number of amides is 1. The van der Waals surface area contributed by atoms with E-state index in [0.29, 0.717) is 43.3 Å². The first-order chi connectivity index (χ1) is 16.9. The summed E-state index contributed by atoms with van der Waals surface area (Å²) >= 11 is 3.46. The van der Waals surface area contributed by atoms with Crippen LogP contribution in [0.3, 0.4) is 0 Å². The number of ether oxygens (including phenoxy) is 1. The Hall–Kier alpha value is -3.01. The standard InChI is InChI=1S/C26H27BrN4O4/c1-16-4-3-9-30-21(17(2)28-25(16)30)23(32)20-22(18-5-7-19(27)8-6-18)31(26(34)24(20)33)11-10-29-12-14-35-15-13-29/h3-9,22,32H,10-15H2,1-2H3/t22-/m0/s1. The number of hydrogen-bond acceptors (Lipinski definition) is 6. The molecule has 0 saturated carbocycles. The summed E-state index contributed by atoms with van der Waals surface area (Å²) in [5.41, 5.74) is 3.52. The number of imidazole rings is 1. The highest BCUT2D eigenvalue weighted by atomic mass is 79.9. The van der Waals surface area contributed by atoms with Gasteiger partial charge >= 0.3 is 0 Å². The van der Waals surface area contributed by atoms with Crippen LogP contribution < -0.4 is 0 Å². The first-order valence-electron chi connectivity index (χ1n) is 11.7. The van der Waals surface area contributed by atoms with Crippen molar-refractivity contribution >= 4 is 39.0 Å². The molecule has 0 aliphatic carbocycles. The van der Waals surface area contributed by atoms with Crippen molar-refractivity contribution in [3.63, 3.8) is 0 Å². The number of likely N-dealkylation sites (tertiary alicyclic amines) is 1. The van der Waals surface area contributed by atoms with Crippen molar-refractivity contribution < 1.29 is 19.4 Å². The topological polar surface area (TPSA) is 87.4 Å². The number of Topliss-reactive ketones (excluding diaryl/α,β-unsaturated/α-hetero) is 1. The van der Waals surface area contributed by atoms with E-state index >= 15 is 0 Å². The number of halogens is 1. The molecular weight excluding hydrogens is 512 g/mol. The molecule has 1 amide bonds. The molecule has 4 heterocycles. The van der Waals surface area contributed by atoms with Crippen molar-refractivity contribution in [2.24, 2.45) is 0 Å². The molecule has 8 nitrogen and oxygen atoms in total. The fraction of sp³-hybridized carbons (Fsp3) is 0.346. The summed E-state index contributed by atoms with van der Waals surface area (Å²) < 4.78 is 8.09. The number of hydrogen-bond donors (Lipinski definition) is 1. The van der Waals surface area contributed by atoms with Gasteiger partial charge in [-0.05, 0) is 43.2 Å². The van der Waals surface area contributed by atoms with Gasteiger partial charge in [0.25, 0.3) is 11.7 Å². The lowest BCUT2D eigenvalue weighted by atomic mass is 9.96. The van der Waals surface area contributed by atoms with Gasteiger partial charge in [0.15, 0.2) is 5.76 Å². The third-order valence-electron chi connectivity index (χ3n) is 6.73. The average Bonchev–Trinajstić information content (AvgIpc) is 3.33. The molecule has 9 heteroatoms. The number of aromatic nitrogens is 2. The second-order valence-electron chi connectivity index (χ2n) is 8.93. The zero-order valence-corrected chi connectivity index (χ0v) is 21.3. The molecule has 1 atom stereocenters. The monoisotopic (exact) mass is 538 g/mol. The van der Waals surface area contributed by atoms with E-state index in [9.17, 15) is 14.7 Å². The Balaban J connectivity index is 1.62. The number of fused-ring (bicyclic) bond motifs is 1. The molecule has 2 saturated heterocycles. The Kier molecular flexibility index (Phi) is 6.48. The number of aliphatic hydroxyl groups is 1. The number of nitrogens with zero attached hydrogens (tertiary/aromatic N) is 4. The number of morpholine rings is 1. The van der Waals surface area contributed by atoms with E-state index < -0.39 is 17.7 Å². The number of ketones is 1. The lowest BCUT2D eigenvalue weighted by Crippen LogP contribution is -2.42. The predicted molar refractivity (Wildman–Crippen MR) is 135 cm³/mol. The number of pyridine rings is 1. The average molecular weight is 539 g/mol. The third-order valence-corrected chi connectivity index (χ3v) is 7.26. The van der Waals surface area contributed by atoms with Gasteiger partial charge in [0.05, 0.1) is 30.5 Å². The van der Waals surface area contributed by atoms with Crippen molar-refractivity contribution in [2.75, 3.05) is 39.4 Å². The van der Waals surface area contributed by atoms with Gasteiger partial charge in [0.1, 0.15) is 11.3 Å². The highest BCUT2D eigenvalue weighted by molar-refractivity contribution is 9.10. The summed E-state index contributed by atoms with van der Waals surface area (Å²) in [5.74, 6) is -1.49. The SMILES string of the molecule is Cc1nc2c(C)cccn2c1C(O)=C1C(=O)C(=O)N(CCN2CCOCC2)[C@H]1c1ccc(Br)cc1. The summed E-state index contributed by atoms with van der Waals surface area (Å²) in [6, 6.07) is 10.6. The van der Waals surface area contributed by atoms with Gasteiger partial charge in [-0.1, -0.05) is 34.1 Å². The molecule has 2 fully saturated rings. The van der Waals surface area contributed by atoms with Gasteiger partial charge in [0.2, 0.25) is 0 Å². The van der Waals surface area contributed by atoms with Gasteiger partial charge in [0, 0.05) is 36.8 Å². The van der Waals surface area contributed by atoms with Gasteiger partial charge in [-0.15, -0.1) is 0 Å². The Labute approximate surface area is 211 Å². The second kappa shape index (κ2) is 9.56. The fourth-order valence-electron chi connectivity index (χ4n) is 4.91. The lowest BCUT2D eigenvalue weighted by Gasteiger charge is -2.31. The summed E-state index contributed by atoms with van der Waals surface area (Å²) in [4.78, 5) is 35.1. The Morgan fingerprint density at radius 2 is 1.83 bits per heavy atom. The van der Waals surface area contributed by atoms with Crippen LogP contribution in [0.2, 0.25) is 0 Å². The van der Waals surface area contributed by atoms with Crippen LogP contribution >= 0.6 is 15.9 Å². The van der Waals surface area contributed by atoms with Gasteiger partial charge in [-0.3, -0.25) is 18.9 Å². The van der Waals surface area contributed by atoms with Crippen LogP contribution in [0.1, 0.15) is 28.6 Å². The highest BCUT2D eigenvalue weighted by Gasteiger charge is 2.46. The Bertz CT molecular complexity index is 1330. The van der Waals surface area contributed by atoms with E-state index in [-0.39, 0.29) is 11.3 Å². The molecule has 3 aromatic rings. The number of aliphatic hydroxyl groups excluding tert-OH is 1. The first-order valence-corrected chi connectivity index (χ1v) is 12.4. The first kappa shape index (κ1) is 23.7. The molecule has 2 aliphatic rings. The van der Waals surface area contributed by atoms with E-state index in [1.165, 1.54) is 0 Å². The smallest absolute Gasteiger partial charge is 0.295 e. The molecule has 0 bridgehead atoms. The highest BCUT2D eigenvalue weighted by Crippen LogP contribution is 2.40. The van der Waals surface area contributed by atoms with E-state index in [1.54, 1.807) is 22.4 Å². The maximum Gasteiger partial charge on any atom is 0.295 e. The Morgan fingerprint density at radius 3 is 2.54 bits per heavy atom. The van der Waals surface area contributed by atoms with Crippen molar-refractivity contribution in [2.45, 2.75) is 19.9 Å². The van der Waals surface area contributed by atoms with Crippen molar-refractivity contribution in [3.05, 3.63) is 75.2 Å². The predicted octanol–water partition coefficient (Wildman–Crippen LogP) is 3.47. The molecule has 1 N–H and O–H groups in total. The molecular formula is C26H27BrN4O4. The molecule has 0 spiro atoms. The van der Waals surface area contributed by atoms with E-state index in [1.807, 2.05) is 43.3 Å². The quantitative estimate of drug-likeness (QED) is 0.304. The minimum absolute atomic E-state index is 0.0886. The molecule has 182 valence electrons. The molecule has 35 heavy (non-hydrogen) atoms. The molecule has 1 aromatic carbocycles. The molecule has 2 aliphatic heterocycles. The van der Waals surface area contributed by atoms with Gasteiger partial charge < -0.3 is 14.7 Å². The number of carbonyl (C=O) groups excluding carboxylic acids is 2. The Morgan fingerprint density at radius 1 is 1.11 bits per heavy atom. The number of benzene rings is 1. The number of aryl methyl sites for hydroxylation is 2. The summed E-state index contributed by atoms with van der Waals surface area (Å²) in [6.07, 6.45) is 1.81. The van der Waals surface area contributed by atoms with E-state index in [0.717, 1.165) is 28.7 Å². The van der Waals surface area contributed by atoms with Crippen molar-refractivity contribution in [1.82, 2.24) is 19.2 Å². The van der Waals surface area contributed by atoms with E-state index in [2.05, 4.69) is 25.8 Å². The number of rotatable bonds is 5. The lowest BCUT2D eigenvalue weighted by molar-refractivity contribution is -0.140. The third kappa shape index (κ3) is 4.28. The summed E-state index contributed by atoms with van der Waals surface area (Å²) in [7, 11) is 0. The largest absolute Gasteiger partial charge is 0.505 e. The molecule has 2 aromatic heterocycles. The van der Waals surface area contributed by atoms with Crippen LogP contribution in [-0.2, 0) is 14.3 Å². The van der Waals surface area contributed by atoms with Crippen LogP contribution in [0.4, 0.5) is 0 Å². The maximum atomic E-state index is 13.4. The fourth-order valence-corrected chi connectivity index (χ4v) is 5.17. The normalized spacial score (nSPS) is 20.8. The van der Waals surface area contributed by atoms with E-state index in [4.69, 9.17) is 4.74 Å². The van der Waals surface area contributed by atoms with Gasteiger partial charge in [-0.25, -0.2) is 4.98 Å². The second-order valence-corrected chi connectivity index (χ2v) is 9.84. The van der Waals surface area contributed by atoms with Crippen LogP contribution in [0.25, 0.3) is 11.4 Å². The minimum Gasteiger partial charge on any atom is -0.505 e. The molecule has 0 radical (unpaired) electrons. The van der Waals surface area contributed by atoms with Crippen LogP contribution in [0.5, 0.6) is 0 Å². The van der Waals surface area contributed by atoms with Crippen LogP contribution in [-0.4, -0.2) is 75.4 Å². The van der Waals surface area contributed by atoms with Gasteiger partial charge in [-0.2, -0.15) is 0 Å².